The Morgan fingerprint density at radius 1 is 1.09 bits per heavy atom. The second kappa shape index (κ2) is 9.67. The van der Waals surface area contributed by atoms with Gasteiger partial charge in [-0.15, -0.1) is 0 Å². The molecule has 2 bridgehead atoms. The molecule has 3 fully saturated rings. The molecular weight excluding hydrogens is 471 g/mol. The lowest BCUT2D eigenvalue weighted by Gasteiger charge is -2.48. The Labute approximate surface area is 199 Å². The first kappa shape index (κ1) is 25.8. The molecule has 3 aliphatic rings. The number of fused-ring (bicyclic) bond motifs is 2. The number of sulfonamides is 1. The van der Waals surface area contributed by atoms with E-state index in [4.69, 9.17) is 10.5 Å². The van der Waals surface area contributed by atoms with Crippen LogP contribution in [0, 0.1) is 23.4 Å². The van der Waals surface area contributed by atoms with Gasteiger partial charge in [0.25, 0.3) is 0 Å². The number of aliphatic hydroxyl groups is 1. The van der Waals surface area contributed by atoms with Crippen molar-refractivity contribution in [3.63, 3.8) is 0 Å². The van der Waals surface area contributed by atoms with Crippen LogP contribution in [0.4, 0.5) is 13.2 Å². The molecule has 34 heavy (non-hydrogen) atoms. The zero-order valence-corrected chi connectivity index (χ0v) is 20.4. The SMILES string of the molecule is CC(C)(C(O)N1[C@@H]2CC[C@H]1CC([C@H](N)Cc1cc(F)c(F)cc1F)C2)S(=O)(=O)N1CCOCC1. The van der Waals surface area contributed by atoms with Crippen LogP contribution in [-0.2, 0) is 21.2 Å². The number of rotatable bonds is 7. The van der Waals surface area contributed by atoms with Crippen molar-refractivity contribution < 1.29 is 31.4 Å². The third kappa shape index (κ3) is 4.62. The Morgan fingerprint density at radius 2 is 1.65 bits per heavy atom. The summed E-state index contributed by atoms with van der Waals surface area (Å²) in [5.41, 5.74) is 6.43. The van der Waals surface area contributed by atoms with E-state index in [0.29, 0.717) is 32.1 Å². The molecular formula is C23H34F3N3O4S. The van der Waals surface area contributed by atoms with Crippen LogP contribution in [0.1, 0.15) is 45.1 Å². The molecule has 7 nitrogen and oxygen atoms in total. The first-order chi connectivity index (χ1) is 15.9. The van der Waals surface area contributed by atoms with Crippen LogP contribution < -0.4 is 5.73 Å². The largest absolute Gasteiger partial charge is 0.379 e. The Kier molecular flexibility index (Phi) is 7.35. The normalized spacial score (nSPS) is 28.7. The minimum absolute atomic E-state index is 0.00701. The van der Waals surface area contributed by atoms with E-state index in [1.54, 1.807) is 13.8 Å². The molecule has 11 heteroatoms. The van der Waals surface area contributed by atoms with E-state index in [0.717, 1.165) is 18.9 Å². The van der Waals surface area contributed by atoms with E-state index in [1.165, 1.54) is 4.31 Å². The van der Waals surface area contributed by atoms with Crippen LogP contribution in [-0.4, -0.2) is 78.1 Å². The fourth-order valence-electron chi connectivity index (χ4n) is 5.76. The lowest BCUT2D eigenvalue weighted by atomic mass is 9.82. The minimum Gasteiger partial charge on any atom is -0.379 e. The number of benzene rings is 1. The van der Waals surface area contributed by atoms with E-state index >= 15 is 0 Å². The van der Waals surface area contributed by atoms with Crippen molar-refractivity contribution in [1.29, 1.82) is 0 Å². The maximum Gasteiger partial charge on any atom is 0.223 e. The van der Waals surface area contributed by atoms with E-state index in [1.807, 2.05) is 4.90 Å². The van der Waals surface area contributed by atoms with Crippen molar-refractivity contribution in [3.05, 3.63) is 35.1 Å². The van der Waals surface area contributed by atoms with Gasteiger partial charge in [0.05, 0.1) is 13.2 Å². The van der Waals surface area contributed by atoms with Crippen molar-refractivity contribution in [3.8, 4) is 0 Å². The van der Waals surface area contributed by atoms with Gasteiger partial charge in [-0.25, -0.2) is 21.6 Å². The lowest BCUT2D eigenvalue weighted by molar-refractivity contribution is -0.0773. The van der Waals surface area contributed by atoms with Gasteiger partial charge in [-0.05, 0) is 63.5 Å². The molecule has 0 spiro atoms. The highest BCUT2D eigenvalue weighted by Gasteiger charge is 2.53. The second-order valence-electron chi connectivity index (χ2n) is 10.3. The third-order valence-corrected chi connectivity index (χ3v) is 10.4. The summed E-state index contributed by atoms with van der Waals surface area (Å²) in [5, 5.41) is 11.3. The molecule has 3 heterocycles. The zero-order valence-electron chi connectivity index (χ0n) is 19.6. The molecule has 5 atom stereocenters. The summed E-state index contributed by atoms with van der Waals surface area (Å²) in [6.07, 6.45) is 1.73. The second-order valence-corrected chi connectivity index (χ2v) is 12.8. The first-order valence-corrected chi connectivity index (χ1v) is 13.3. The number of aliphatic hydroxyl groups excluding tert-OH is 1. The maximum absolute atomic E-state index is 14.1. The summed E-state index contributed by atoms with van der Waals surface area (Å²) in [4.78, 5) is 1.92. The Balaban J connectivity index is 1.46. The molecule has 4 rings (SSSR count). The molecule has 0 amide bonds. The number of ether oxygens (including phenoxy) is 1. The van der Waals surface area contributed by atoms with Gasteiger partial charge in [0, 0.05) is 37.3 Å². The van der Waals surface area contributed by atoms with Gasteiger partial charge < -0.3 is 15.6 Å². The van der Waals surface area contributed by atoms with Crippen LogP contribution in [0.3, 0.4) is 0 Å². The number of halogens is 3. The Hall–Kier alpha value is -1.24. The molecule has 0 radical (unpaired) electrons. The topological polar surface area (TPSA) is 96.1 Å². The van der Waals surface area contributed by atoms with Crippen molar-refractivity contribution in [2.24, 2.45) is 11.7 Å². The van der Waals surface area contributed by atoms with Crippen LogP contribution in [0.25, 0.3) is 0 Å². The van der Waals surface area contributed by atoms with Crippen LogP contribution in [0.5, 0.6) is 0 Å². The predicted molar refractivity (Wildman–Crippen MR) is 121 cm³/mol. The molecule has 0 saturated carbocycles. The summed E-state index contributed by atoms with van der Waals surface area (Å²) in [6, 6.07) is 0.818. The van der Waals surface area contributed by atoms with Crippen molar-refractivity contribution in [2.75, 3.05) is 26.3 Å². The number of hydrogen-bond donors (Lipinski definition) is 2. The highest BCUT2D eigenvalue weighted by atomic mass is 32.2. The Bertz CT molecular complexity index is 989. The van der Waals surface area contributed by atoms with Crippen molar-refractivity contribution >= 4 is 10.0 Å². The maximum atomic E-state index is 14.1. The van der Waals surface area contributed by atoms with E-state index < -0.39 is 44.5 Å². The number of hydrogen-bond acceptors (Lipinski definition) is 6. The molecule has 3 saturated heterocycles. The van der Waals surface area contributed by atoms with Gasteiger partial charge in [0.15, 0.2) is 11.6 Å². The molecule has 0 aliphatic carbocycles. The quantitative estimate of drug-likeness (QED) is 0.551. The van der Waals surface area contributed by atoms with Crippen molar-refractivity contribution in [1.82, 2.24) is 9.21 Å². The van der Waals surface area contributed by atoms with Gasteiger partial charge in [-0.2, -0.15) is 4.31 Å². The van der Waals surface area contributed by atoms with Crippen molar-refractivity contribution in [2.45, 2.75) is 75.1 Å². The molecule has 3 N–H and O–H groups in total. The summed E-state index contributed by atoms with van der Waals surface area (Å²) in [6.45, 7) is 4.32. The number of nitrogens with two attached hydrogens (primary N) is 1. The molecule has 192 valence electrons. The third-order valence-electron chi connectivity index (χ3n) is 7.86. The number of piperidine rings is 1. The van der Waals surface area contributed by atoms with Gasteiger partial charge in [0.2, 0.25) is 10.0 Å². The predicted octanol–water partition coefficient (Wildman–Crippen LogP) is 1.98. The van der Waals surface area contributed by atoms with Gasteiger partial charge >= 0.3 is 0 Å². The molecule has 1 aromatic rings. The first-order valence-electron chi connectivity index (χ1n) is 11.9. The van der Waals surface area contributed by atoms with E-state index in [-0.39, 0.29) is 43.1 Å². The van der Waals surface area contributed by atoms with Gasteiger partial charge in [0.1, 0.15) is 16.8 Å². The molecule has 0 aromatic heterocycles. The zero-order chi connectivity index (χ0) is 24.8. The Morgan fingerprint density at radius 3 is 2.24 bits per heavy atom. The fourth-order valence-corrected chi connectivity index (χ4v) is 7.44. The highest BCUT2D eigenvalue weighted by Crippen LogP contribution is 2.44. The van der Waals surface area contributed by atoms with Gasteiger partial charge in [-0.1, -0.05) is 0 Å². The van der Waals surface area contributed by atoms with Crippen LogP contribution >= 0.6 is 0 Å². The fraction of sp³-hybridized carbons (Fsp3) is 0.739. The molecule has 3 aliphatic heterocycles. The molecule has 2 unspecified atom stereocenters. The smallest absolute Gasteiger partial charge is 0.223 e. The summed E-state index contributed by atoms with van der Waals surface area (Å²) in [5.74, 6) is -3.16. The van der Waals surface area contributed by atoms with Gasteiger partial charge in [-0.3, -0.25) is 4.90 Å². The summed E-state index contributed by atoms with van der Waals surface area (Å²) < 4.78 is 72.9. The summed E-state index contributed by atoms with van der Waals surface area (Å²) >= 11 is 0. The van der Waals surface area contributed by atoms with E-state index in [9.17, 15) is 26.7 Å². The minimum atomic E-state index is -3.78. The number of nitrogens with zero attached hydrogens (tertiary/aromatic N) is 2. The van der Waals surface area contributed by atoms with E-state index in [2.05, 4.69) is 0 Å². The average molecular weight is 506 g/mol. The van der Waals surface area contributed by atoms with Crippen LogP contribution in [0.2, 0.25) is 0 Å². The lowest BCUT2D eigenvalue weighted by Crippen LogP contribution is -2.63. The molecule has 1 aromatic carbocycles. The number of morpholine rings is 1. The standard InChI is InChI=1S/C23H34F3N3O4S/c1-23(2,34(31,32)28-5-7-33-8-6-28)22(30)29-16-3-4-17(29)10-15(9-16)21(27)12-14-11-19(25)20(26)13-18(14)24/h11,13,15-17,21-22,30H,3-10,12,27H2,1-2H3/t15?,16-,17+,21-,22?/m1/s1. The summed E-state index contributed by atoms with van der Waals surface area (Å²) in [7, 11) is -3.78. The van der Waals surface area contributed by atoms with Crippen LogP contribution in [0.15, 0.2) is 12.1 Å². The average Bonchev–Trinajstić information content (AvgIpc) is 3.05. The monoisotopic (exact) mass is 505 g/mol. The highest BCUT2D eigenvalue weighted by molar-refractivity contribution is 7.90.